The Morgan fingerprint density at radius 1 is 1.33 bits per heavy atom. The van der Waals surface area contributed by atoms with Gasteiger partial charge in [-0.1, -0.05) is 6.07 Å². The molecule has 0 saturated heterocycles. The number of ether oxygens (including phenoxy) is 1. The van der Waals surface area contributed by atoms with Gasteiger partial charge < -0.3 is 10.2 Å². The monoisotopic (exact) mass is 310 g/mol. The highest BCUT2D eigenvalue weighted by atomic mass is 79.9. The Morgan fingerprint density at radius 2 is 2.06 bits per heavy atom. The predicted octanol–water partition coefficient (Wildman–Crippen LogP) is 2.57. The number of nitrogens with zero attached hydrogens (tertiary/aromatic N) is 3. The average Bonchev–Trinajstić information content (AvgIpc) is 2.82. The van der Waals surface area contributed by atoms with E-state index in [1.54, 1.807) is 17.3 Å². The van der Waals surface area contributed by atoms with Crippen LogP contribution in [0.15, 0.2) is 35.3 Å². The molecular formula is C12H15BrN4O. The van der Waals surface area contributed by atoms with E-state index in [1.165, 1.54) is 0 Å². The lowest BCUT2D eigenvalue weighted by molar-refractivity contribution is 0.241. The van der Waals surface area contributed by atoms with Gasteiger partial charge in [-0.3, -0.25) is 0 Å². The quantitative estimate of drug-likeness (QED) is 0.922. The molecule has 96 valence electrons. The number of hydrogen-bond donors (Lipinski definition) is 1. The third-order valence-corrected chi connectivity index (χ3v) is 2.86. The topological polar surface area (TPSA) is 52.0 Å². The minimum atomic E-state index is 0.169. The molecule has 1 N–H and O–H groups in total. The van der Waals surface area contributed by atoms with Crippen molar-refractivity contribution in [3.05, 3.63) is 40.9 Å². The first-order chi connectivity index (χ1) is 8.65. The van der Waals surface area contributed by atoms with Crippen LogP contribution in [0.1, 0.15) is 19.4 Å². The Labute approximate surface area is 114 Å². The van der Waals surface area contributed by atoms with E-state index in [4.69, 9.17) is 4.74 Å². The minimum Gasteiger partial charge on any atom is -0.490 e. The van der Waals surface area contributed by atoms with E-state index in [9.17, 15) is 0 Å². The molecule has 0 spiro atoms. The zero-order chi connectivity index (χ0) is 13.0. The van der Waals surface area contributed by atoms with Gasteiger partial charge in [-0.05, 0) is 47.5 Å². The van der Waals surface area contributed by atoms with E-state index in [1.807, 2.05) is 32.0 Å². The van der Waals surface area contributed by atoms with Crippen molar-refractivity contribution in [1.29, 1.82) is 0 Å². The maximum absolute atomic E-state index is 5.66. The van der Waals surface area contributed by atoms with Crippen LogP contribution >= 0.6 is 15.9 Å². The van der Waals surface area contributed by atoms with Crippen LogP contribution in [0, 0.1) is 0 Å². The summed E-state index contributed by atoms with van der Waals surface area (Å²) in [6.45, 7) is 4.71. The second-order valence-corrected chi connectivity index (χ2v) is 4.99. The number of rotatable bonds is 5. The first-order valence-electron chi connectivity index (χ1n) is 5.69. The van der Waals surface area contributed by atoms with Crippen LogP contribution in [-0.2, 0) is 6.54 Å². The lowest BCUT2D eigenvalue weighted by atomic mass is 10.2. The average molecular weight is 311 g/mol. The van der Waals surface area contributed by atoms with E-state index in [-0.39, 0.29) is 6.10 Å². The van der Waals surface area contributed by atoms with Crippen LogP contribution in [0.25, 0.3) is 0 Å². The summed E-state index contributed by atoms with van der Waals surface area (Å²) in [5.41, 5.74) is 4.30. The molecule has 0 aliphatic rings. The molecule has 0 aliphatic carbocycles. The number of aromatic nitrogens is 3. The normalized spacial score (nSPS) is 10.7. The fourth-order valence-corrected chi connectivity index (χ4v) is 1.99. The molecular weight excluding hydrogens is 296 g/mol. The Hall–Kier alpha value is -1.56. The van der Waals surface area contributed by atoms with Gasteiger partial charge >= 0.3 is 0 Å². The first kappa shape index (κ1) is 12.9. The van der Waals surface area contributed by atoms with E-state index in [2.05, 4.69) is 31.6 Å². The molecule has 0 aliphatic heterocycles. The van der Waals surface area contributed by atoms with Crippen LogP contribution in [0.5, 0.6) is 5.75 Å². The van der Waals surface area contributed by atoms with Gasteiger partial charge in [-0.2, -0.15) is 0 Å². The molecule has 0 amide bonds. The second kappa shape index (κ2) is 5.86. The third-order valence-electron chi connectivity index (χ3n) is 2.24. The molecule has 0 saturated carbocycles. The third kappa shape index (κ3) is 3.46. The van der Waals surface area contributed by atoms with Gasteiger partial charge in [0.2, 0.25) is 0 Å². The van der Waals surface area contributed by atoms with Gasteiger partial charge in [0.25, 0.3) is 0 Å². The number of hydrogen-bond acceptors (Lipinski definition) is 4. The van der Waals surface area contributed by atoms with Gasteiger partial charge in [-0.15, -0.1) is 10.2 Å². The molecule has 0 radical (unpaired) electrons. The lowest BCUT2D eigenvalue weighted by Crippen LogP contribution is -2.12. The summed E-state index contributed by atoms with van der Waals surface area (Å²) in [4.78, 5) is 0. The summed E-state index contributed by atoms with van der Waals surface area (Å²) in [7, 11) is 0. The van der Waals surface area contributed by atoms with Gasteiger partial charge in [-0.25, -0.2) is 4.68 Å². The van der Waals surface area contributed by atoms with E-state index >= 15 is 0 Å². The summed E-state index contributed by atoms with van der Waals surface area (Å²) < 4.78 is 8.33. The molecule has 0 unspecified atom stereocenters. The Kier molecular flexibility index (Phi) is 4.19. The van der Waals surface area contributed by atoms with Gasteiger partial charge in [0.15, 0.2) is 0 Å². The molecule has 6 heteroatoms. The fourth-order valence-electron chi connectivity index (χ4n) is 1.47. The SMILES string of the molecule is CC(C)Oc1ccc(CNn2cnnc2)cc1Br. The zero-order valence-electron chi connectivity index (χ0n) is 10.3. The highest BCUT2D eigenvalue weighted by molar-refractivity contribution is 9.10. The van der Waals surface area contributed by atoms with Crippen molar-refractivity contribution < 1.29 is 4.74 Å². The van der Waals surface area contributed by atoms with Crippen molar-refractivity contribution in [3.8, 4) is 5.75 Å². The summed E-state index contributed by atoms with van der Waals surface area (Å²) in [5, 5.41) is 7.44. The summed E-state index contributed by atoms with van der Waals surface area (Å²) in [6, 6.07) is 6.03. The first-order valence-corrected chi connectivity index (χ1v) is 6.48. The van der Waals surface area contributed by atoms with Crippen molar-refractivity contribution in [2.45, 2.75) is 26.5 Å². The van der Waals surface area contributed by atoms with Crippen LogP contribution in [-0.4, -0.2) is 21.0 Å². The van der Waals surface area contributed by atoms with Crippen molar-refractivity contribution in [2.75, 3.05) is 5.43 Å². The molecule has 1 aromatic heterocycles. The Balaban J connectivity index is 2.00. The molecule has 1 heterocycles. The summed E-state index contributed by atoms with van der Waals surface area (Å²) >= 11 is 3.51. The van der Waals surface area contributed by atoms with Crippen molar-refractivity contribution >= 4 is 15.9 Å². The molecule has 2 aromatic rings. The highest BCUT2D eigenvalue weighted by Gasteiger charge is 2.04. The standard InChI is InChI=1S/C12H15BrN4O/c1-9(2)18-12-4-3-10(5-11(12)13)6-16-17-7-14-15-8-17/h3-5,7-9,16H,6H2,1-2H3. The van der Waals surface area contributed by atoms with E-state index in [0.717, 1.165) is 15.8 Å². The van der Waals surface area contributed by atoms with E-state index in [0.29, 0.717) is 6.54 Å². The molecule has 2 rings (SSSR count). The van der Waals surface area contributed by atoms with Crippen LogP contribution < -0.4 is 10.2 Å². The molecule has 0 bridgehead atoms. The highest BCUT2D eigenvalue weighted by Crippen LogP contribution is 2.26. The smallest absolute Gasteiger partial charge is 0.138 e. The second-order valence-electron chi connectivity index (χ2n) is 4.14. The minimum absolute atomic E-state index is 0.169. The van der Waals surface area contributed by atoms with Crippen molar-refractivity contribution in [1.82, 2.24) is 14.9 Å². The van der Waals surface area contributed by atoms with Gasteiger partial charge in [0.1, 0.15) is 18.4 Å². The number of nitrogens with one attached hydrogen (secondary N) is 1. The fraction of sp³-hybridized carbons (Fsp3) is 0.333. The molecule has 5 nitrogen and oxygen atoms in total. The van der Waals surface area contributed by atoms with Crippen molar-refractivity contribution in [3.63, 3.8) is 0 Å². The zero-order valence-corrected chi connectivity index (χ0v) is 11.9. The Bertz CT molecular complexity index is 499. The molecule has 18 heavy (non-hydrogen) atoms. The molecule has 1 aromatic carbocycles. The maximum Gasteiger partial charge on any atom is 0.138 e. The molecule has 0 atom stereocenters. The summed E-state index contributed by atoms with van der Waals surface area (Å²) in [6.07, 6.45) is 3.40. The Morgan fingerprint density at radius 3 is 2.67 bits per heavy atom. The van der Waals surface area contributed by atoms with Gasteiger partial charge in [0.05, 0.1) is 17.1 Å². The number of halogens is 1. The summed E-state index contributed by atoms with van der Waals surface area (Å²) in [5.74, 6) is 0.859. The van der Waals surface area contributed by atoms with Gasteiger partial charge in [0, 0.05) is 0 Å². The van der Waals surface area contributed by atoms with Crippen LogP contribution in [0.2, 0.25) is 0 Å². The van der Waals surface area contributed by atoms with E-state index < -0.39 is 0 Å². The number of benzene rings is 1. The largest absolute Gasteiger partial charge is 0.490 e. The maximum atomic E-state index is 5.66. The lowest BCUT2D eigenvalue weighted by Gasteiger charge is -2.13. The predicted molar refractivity (Wildman–Crippen MR) is 73.0 cm³/mol. The van der Waals surface area contributed by atoms with Crippen LogP contribution in [0.3, 0.4) is 0 Å². The van der Waals surface area contributed by atoms with Crippen molar-refractivity contribution in [2.24, 2.45) is 0 Å². The molecule has 0 fully saturated rings. The van der Waals surface area contributed by atoms with Crippen LogP contribution in [0.4, 0.5) is 0 Å².